The zero-order valence-corrected chi connectivity index (χ0v) is 44.3. The standard InChI is InChI=1S/C72H57N5/c1-70(2)59-29-16-13-26-51(59)54-35-33-49(40-62(54)70)76(50-34-36-55-52-27-14-17-30-60(52)71(3,4)63(55)41-50)48-25-19-24-46(38-48)47-32-37-65-57(39-47)58-42-56-53-28-15-18-31-61(53)72(5,6)64(56)43-66(58)77(65)69-74-67(44-20-9-7-10-21-44)73-68(75-69)45-22-11-8-12-23-45/h7-22,24-43,45H,23H2,1-6H3. The normalized spacial score (nSPS) is 16.5. The predicted octanol–water partition coefficient (Wildman–Crippen LogP) is 18.3. The zero-order chi connectivity index (χ0) is 52.0. The van der Waals surface area contributed by atoms with Gasteiger partial charge in [-0.1, -0.05) is 199 Å². The van der Waals surface area contributed by atoms with Gasteiger partial charge in [0.25, 0.3) is 0 Å². The summed E-state index contributed by atoms with van der Waals surface area (Å²) in [6.45, 7) is 14.2. The fourth-order valence-corrected chi connectivity index (χ4v) is 13.7. The fraction of sp³-hybridized carbons (Fsp3) is 0.153. The first kappa shape index (κ1) is 45.5. The van der Waals surface area contributed by atoms with Gasteiger partial charge in [0.05, 0.1) is 11.0 Å². The SMILES string of the molecule is CC1(C)c2ccccc2-c2ccc(N(c3cccc(-c4ccc5c(c4)c4cc6c(cc4n5-c4nc(-c5ccccc5)nc(C5C=CC=CC5)n4)C(C)(C)c4ccccc4-6)c3)c3ccc4c(c3)C(C)(C)c3ccccc3-4)cc21. The maximum atomic E-state index is 5.40. The molecule has 1 unspecified atom stereocenters. The summed E-state index contributed by atoms with van der Waals surface area (Å²) < 4.78 is 2.30. The van der Waals surface area contributed by atoms with Crippen molar-refractivity contribution in [1.29, 1.82) is 0 Å². The molecule has 0 spiro atoms. The molecule has 5 heteroatoms. The Morgan fingerprint density at radius 1 is 0.403 bits per heavy atom. The highest BCUT2D eigenvalue weighted by atomic mass is 15.2. The van der Waals surface area contributed by atoms with Crippen LogP contribution in [-0.4, -0.2) is 19.5 Å². The number of hydrogen-bond donors (Lipinski definition) is 0. The molecule has 370 valence electrons. The molecule has 0 fully saturated rings. The summed E-state index contributed by atoms with van der Waals surface area (Å²) in [7, 11) is 0. The van der Waals surface area contributed by atoms with E-state index < -0.39 is 0 Å². The van der Waals surface area contributed by atoms with E-state index in [1.165, 1.54) is 66.8 Å². The molecular formula is C72H57N5. The number of rotatable bonds is 7. The maximum Gasteiger partial charge on any atom is 0.238 e. The van der Waals surface area contributed by atoms with E-state index in [4.69, 9.17) is 15.0 Å². The van der Waals surface area contributed by atoms with E-state index in [9.17, 15) is 0 Å². The number of allylic oxidation sites excluding steroid dienone is 4. The molecule has 5 nitrogen and oxygen atoms in total. The molecule has 15 rings (SSSR count). The summed E-state index contributed by atoms with van der Waals surface area (Å²) in [5, 5.41) is 2.31. The summed E-state index contributed by atoms with van der Waals surface area (Å²) in [4.78, 5) is 18.4. The van der Waals surface area contributed by atoms with Gasteiger partial charge in [-0.2, -0.15) is 9.97 Å². The van der Waals surface area contributed by atoms with Gasteiger partial charge in [-0.15, -0.1) is 0 Å². The quantitative estimate of drug-likeness (QED) is 0.160. The van der Waals surface area contributed by atoms with E-state index in [2.05, 4.69) is 263 Å². The molecule has 0 radical (unpaired) electrons. The third kappa shape index (κ3) is 6.75. The van der Waals surface area contributed by atoms with E-state index in [0.717, 1.165) is 67.8 Å². The van der Waals surface area contributed by atoms with Crippen molar-refractivity contribution in [3.8, 4) is 61.8 Å². The Hall–Kier alpha value is -8.93. The Kier molecular flexibility index (Phi) is 9.76. The van der Waals surface area contributed by atoms with Crippen LogP contribution in [-0.2, 0) is 16.2 Å². The third-order valence-electron chi connectivity index (χ3n) is 17.7. The highest BCUT2D eigenvalue weighted by Gasteiger charge is 2.39. The Morgan fingerprint density at radius 2 is 0.935 bits per heavy atom. The number of nitrogens with zero attached hydrogens (tertiary/aromatic N) is 5. The predicted molar refractivity (Wildman–Crippen MR) is 318 cm³/mol. The van der Waals surface area contributed by atoms with Crippen LogP contribution in [0.15, 0.2) is 218 Å². The van der Waals surface area contributed by atoms with Gasteiger partial charge in [0.1, 0.15) is 5.82 Å². The van der Waals surface area contributed by atoms with Crippen molar-refractivity contribution in [2.24, 2.45) is 0 Å². The lowest BCUT2D eigenvalue weighted by Crippen LogP contribution is -2.18. The highest BCUT2D eigenvalue weighted by molar-refractivity contribution is 6.12. The summed E-state index contributed by atoms with van der Waals surface area (Å²) in [6, 6.07) is 72.3. The second-order valence-electron chi connectivity index (χ2n) is 23.2. The molecule has 11 aromatic rings. The molecule has 2 heterocycles. The van der Waals surface area contributed by atoms with E-state index in [-0.39, 0.29) is 22.2 Å². The van der Waals surface area contributed by atoms with Crippen LogP contribution < -0.4 is 4.90 Å². The van der Waals surface area contributed by atoms with Crippen LogP contribution in [0.25, 0.3) is 83.6 Å². The van der Waals surface area contributed by atoms with E-state index in [1.807, 2.05) is 6.07 Å². The maximum absolute atomic E-state index is 5.40. The molecule has 9 aromatic carbocycles. The molecule has 1 atom stereocenters. The Balaban J connectivity index is 0.927. The van der Waals surface area contributed by atoms with Crippen molar-refractivity contribution in [3.05, 3.63) is 258 Å². The molecule has 77 heavy (non-hydrogen) atoms. The zero-order valence-electron chi connectivity index (χ0n) is 44.3. The minimum atomic E-state index is -0.200. The van der Waals surface area contributed by atoms with Crippen LogP contribution in [0.3, 0.4) is 0 Å². The monoisotopic (exact) mass is 991 g/mol. The molecule has 4 aliphatic carbocycles. The van der Waals surface area contributed by atoms with Crippen molar-refractivity contribution in [2.75, 3.05) is 4.90 Å². The van der Waals surface area contributed by atoms with Gasteiger partial charge in [0.2, 0.25) is 5.95 Å². The van der Waals surface area contributed by atoms with Crippen molar-refractivity contribution >= 4 is 38.9 Å². The lowest BCUT2D eigenvalue weighted by molar-refractivity contribution is 0.660. The van der Waals surface area contributed by atoms with Crippen molar-refractivity contribution in [3.63, 3.8) is 0 Å². The smallest absolute Gasteiger partial charge is 0.238 e. The minimum Gasteiger partial charge on any atom is -0.310 e. The Bertz CT molecular complexity index is 4250. The van der Waals surface area contributed by atoms with Crippen molar-refractivity contribution in [1.82, 2.24) is 19.5 Å². The summed E-state index contributed by atoms with van der Waals surface area (Å²) in [6.07, 6.45) is 9.46. The number of aromatic nitrogens is 4. The van der Waals surface area contributed by atoms with Crippen LogP contribution in [0.1, 0.15) is 93.1 Å². The molecule has 0 bridgehead atoms. The second kappa shape index (κ2) is 16.5. The van der Waals surface area contributed by atoms with Gasteiger partial charge in [-0.05, 0) is 145 Å². The minimum absolute atomic E-state index is 0.0348. The molecule has 0 aliphatic heterocycles. The lowest BCUT2D eigenvalue weighted by atomic mass is 9.82. The number of benzene rings is 9. The molecule has 4 aliphatic rings. The largest absolute Gasteiger partial charge is 0.310 e. The van der Waals surface area contributed by atoms with Gasteiger partial charge in [-0.25, -0.2) is 4.98 Å². The number of fused-ring (bicyclic) bond motifs is 12. The van der Waals surface area contributed by atoms with Crippen LogP contribution in [0.4, 0.5) is 17.1 Å². The van der Waals surface area contributed by atoms with Gasteiger partial charge in [-0.3, -0.25) is 4.57 Å². The Morgan fingerprint density at radius 3 is 1.56 bits per heavy atom. The highest BCUT2D eigenvalue weighted by Crippen LogP contribution is 2.55. The molecule has 0 saturated heterocycles. The van der Waals surface area contributed by atoms with Crippen LogP contribution >= 0.6 is 0 Å². The van der Waals surface area contributed by atoms with E-state index >= 15 is 0 Å². The van der Waals surface area contributed by atoms with Crippen LogP contribution in [0, 0.1) is 0 Å². The number of anilines is 3. The first-order valence-corrected chi connectivity index (χ1v) is 27.2. The number of hydrogen-bond acceptors (Lipinski definition) is 4. The van der Waals surface area contributed by atoms with E-state index in [1.54, 1.807) is 0 Å². The van der Waals surface area contributed by atoms with Gasteiger partial charge in [0.15, 0.2) is 5.82 Å². The van der Waals surface area contributed by atoms with Gasteiger partial charge in [0, 0.05) is 55.6 Å². The van der Waals surface area contributed by atoms with E-state index in [0.29, 0.717) is 11.8 Å². The summed E-state index contributed by atoms with van der Waals surface area (Å²) >= 11 is 0. The third-order valence-corrected chi connectivity index (χ3v) is 17.7. The first-order chi connectivity index (χ1) is 37.4. The van der Waals surface area contributed by atoms with Crippen LogP contribution in [0.2, 0.25) is 0 Å². The second-order valence-corrected chi connectivity index (χ2v) is 23.2. The lowest BCUT2D eigenvalue weighted by Gasteiger charge is -2.30. The van der Waals surface area contributed by atoms with Gasteiger partial charge < -0.3 is 4.90 Å². The Labute approximate surface area is 450 Å². The summed E-state index contributed by atoms with van der Waals surface area (Å²) in [5.74, 6) is 2.09. The van der Waals surface area contributed by atoms with Crippen molar-refractivity contribution < 1.29 is 0 Å². The van der Waals surface area contributed by atoms with Gasteiger partial charge >= 0.3 is 0 Å². The van der Waals surface area contributed by atoms with Crippen molar-refractivity contribution in [2.45, 2.75) is 70.1 Å². The molecule has 2 aromatic heterocycles. The average molecular weight is 992 g/mol. The molecule has 0 saturated carbocycles. The first-order valence-electron chi connectivity index (χ1n) is 27.2. The van der Waals surface area contributed by atoms with Crippen LogP contribution in [0.5, 0.6) is 0 Å². The summed E-state index contributed by atoms with van der Waals surface area (Å²) in [5.41, 5.74) is 24.2. The topological polar surface area (TPSA) is 46.8 Å². The average Bonchev–Trinajstić information content (AvgIpc) is 4.29. The molecular weight excluding hydrogens is 935 g/mol. The fourth-order valence-electron chi connectivity index (χ4n) is 13.7. The molecule has 0 N–H and O–H groups in total. The molecule has 0 amide bonds.